The maximum absolute atomic E-state index is 5.50. The molecule has 110 valence electrons. The van der Waals surface area contributed by atoms with Gasteiger partial charge in [0.1, 0.15) is 5.69 Å². The molecule has 0 fully saturated rings. The Bertz CT molecular complexity index is 989. The predicted molar refractivity (Wildman–Crippen MR) is 90.8 cm³/mol. The second kappa shape index (κ2) is 5.47. The fourth-order valence-electron chi connectivity index (χ4n) is 2.81. The van der Waals surface area contributed by atoms with Crippen LogP contribution in [0.2, 0.25) is 0 Å². The Morgan fingerprint density at radius 3 is 2.78 bits per heavy atom. The summed E-state index contributed by atoms with van der Waals surface area (Å²) in [6.07, 6.45) is 13.2. The molecule has 0 aliphatic rings. The molecule has 4 heteroatoms. The van der Waals surface area contributed by atoms with E-state index in [1.807, 2.05) is 42.9 Å². The predicted octanol–water partition coefficient (Wildman–Crippen LogP) is 3.46. The topological polar surface area (TPSA) is 46.5 Å². The molecule has 0 atom stereocenters. The van der Waals surface area contributed by atoms with Gasteiger partial charge in [0.15, 0.2) is 0 Å². The van der Waals surface area contributed by atoms with Crippen molar-refractivity contribution in [3.05, 3.63) is 72.4 Å². The van der Waals surface area contributed by atoms with Crippen molar-refractivity contribution in [3.63, 3.8) is 0 Å². The first-order chi connectivity index (χ1) is 11.3. The van der Waals surface area contributed by atoms with E-state index in [0.29, 0.717) is 5.69 Å². The van der Waals surface area contributed by atoms with Crippen LogP contribution in [0.25, 0.3) is 22.0 Å². The van der Waals surface area contributed by atoms with E-state index in [0.717, 1.165) is 28.6 Å². The molecule has 0 bridgehead atoms. The van der Waals surface area contributed by atoms with E-state index in [4.69, 9.17) is 6.42 Å². The highest BCUT2D eigenvalue weighted by Crippen LogP contribution is 2.30. The fraction of sp³-hybridized carbons (Fsp3) is 0.0526. The number of benzene rings is 1. The summed E-state index contributed by atoms with van der Waals surface area (Å²) in [5.74, 6) is 2.61. The van der Waals surface area contributed by atoms with Gasteiger partial charge < -0.3 is 4.57 Å². The van der Waals surface area contributed by atoms with Gasteiger partial charge in [0.2, 0.25) is 0 Å². The van der Waals surface area contributed by atoms with Crippen LogP contribution in [-0.2, 0) is 6.54 Å². The number of aromatic amines is 1. The van der Waals surface area contributed by atoms with E-state index in [2.05, 4.69) is 44.0 Å². The second-order valence-electron chi connectivity index (χ2n) is 5.37. The Morgan fingerprint density at radius 1 is 1.17 bits per heavy atom. The maximum Gasteiger partial charge on any atom is 0.113 e. The number of fused-ring (bicyclic) bond motifs is 1. The smallest absolute Gasteiger partial charge is 0.113 e. The Hall–Kier alpha value is -3.32. The molecule has 0 radical (unpaired) electrons. The molecule has 0 aliphatic heterocycles. The van der Waals surface area contributed by atoms with Crippen LogP contribution in [-0.4, -0.2) is 19.7 Å². The third kappa shape index (κ3) is 2.39. The van der Waals surface area contributed by atoms with Gasteiger partial charge in [-0.1, -0.05) is 36.3 Å². The van der Waals surface area contributed by atoms with Crippen molar-refractivity contribution >= 4 is 10.9 Å². The maximum atomic E-state index is 5.50. The minimum atomic E-state index is 0.639. The summed E-state index contributed by atoms with van der Waals surface area (Å²) < 4.78 is 2.19. The monoisotopic (exact) mass is 298 g/mol. The molecule has 0 saturated heterocycles. The van der Waals surface area contributed by atoms with Crippen LogP contribution < -0.4 is 0 Å². The van der Waals surface area contributed by atoms with Crippen LogP contribution in [0.5, 0.6) is 0 Å². The Morgan fingerprint density at radius 2 is 2.04 bits per heavy atom. The summed E-state index contributed by atoms with van der Waals surface area (Å²) in [6.45, 7) is 0.784. The van der Waals surface area contributed by atoms with Crippen molar-refractivity contribution in [1.29, 1.82) is 0 Å². The van der Waals surface area contributed by atoms with E-state index in [1.54, 1.807) is 0 Å². The molecular weight excluding hydrogens is 284 g/mol. The summed E-state index contributed by atoms with van der Waals surface area (Å²) >= 11 is 0. The molecule has 0 aliphatic carbocycles. The van der Waals surface area contributed by atoms with Gasteiger partial charge in [-0.3, -0.25) is 5.10 Å². The van der Waals surface area contributed by atoms with Gasteiger partial charge >= 0.3 is 0 Å². The van der Waals surface area contributed by atoms with Gasteiger partial charge in [0, 0.05) is 35.5 Å². The summed E-state index contributed by atoms with van der Waals surface area (Å²) in [4.78, 5) is 4.34. The number of nitrogens with zero attached hydrogens (tertiary/aromatic N) is 3. The lowest BCUT2D eigenvalue weighted by atomic mass is 10.1. The van der Waals surface area contributed by atoms with Crippen molar-refractivity contribution in [2.45, 2.75) is 6.54 Å². The normalized spacial score (nSPS) is 10.7. The first-order valence-electron chi connectivity index (χ1n) is 7.34. The van der Waals surface area contributed by atoms with Crippen LogP contribution in [0.3, 0.4) is 0 Å². The molecule has 1 aromatic carbocycles. The molecule has 3 heterocycles. The molecular formula is C19H14N4. The minimum Gasteiger partial charge on any atom is -0.341 e. The van der Waals surface area contributed by atoms with E-state index in [9.17, 15) is 0 Å². The van der Waals surface area contributed by atoms with Crippen LogP contribution in [0, 0.1) is 12.3 Å². The molecule has 0 amide bonds. The average molecular weight is 298 g/mol. The molecule has 0 saturated carbocycles. The lowest BCUT2D eigenvalue weighted by Gasteiger charge is -2.05. The molecule has 23 heavy (non-hydrogen) atoms. The molecule has 4 nitrogen and oxygen atoms in total. The summed E-state index contributed by atoms with van der Waals surface area (Å²) in [7, 11) is 0. The van der Waals surface area contributed by atoms with E-state index in [-0.39, 0.29) is 0 Å². The third-order valence-corrected chi connectivity index (χ3v) is 3.92. The van der Waals surface area contributed by atoms with Gasteiger partial charge in [-0.2, -0.15) is 5.10 Å². The first kappa shape index (κ1) is 13.4. The highest BCUT2D eigenvalue weighted by molar-refractivity contribution is 5.96. The molecule has 1 N–H and O–H groups in total. The largest absolute Gasteiger partial charge is 0.341 e. The number of hydrogen-bond donors (Lipinski definition) is 1. The standard InChI is InChI=1S/C19H14N4/c1-2-16-8-17-18(15-9-21-22-10-15)13-23(19(17)11-20-16)12-14-6-4-3-5-7-14/h1,3-11,13H,12H2,(H,21,22). The van der Waals surface area contributed by atoms with Gasteiger partial charge in [0.25, 0.3) is 0 Å². The van der Waals surface area contributed by atoms with Crippen LogP contribution in [0.4, 0.5) is 0 Å². The first-order valence-corrected chi connectivity index (χ1v) is 7.34. The minimum absolute atomic E-state index is 0.639. The number of H-pyrrole nitrogens is 1. The van der Waals surface area contributed by atoms with E-state index >= 15 is 0 Å². The van der Waals surface area contributed by atoms with Crippen molar-refractivity contribution in [2.24, 2.45) is 0 Å². The van der Waals surface area contributed by atoms with E-state index < -0.39 is 0 Å². The zero-order chi connectivity index (χ0) is 15.6. The Balaban J connectivity index is 1.90. The average Bonchev–Trinajstić information content (AvgIpc) is 3.23. The fourth-order valence-corrected chi connectivity index (χ4v) is 2.81. The Labute approximate surface area is 133 Å². The van der Waals surface area contributed by atoms with Crippen LogP contribution in [0.15, 0.2) is 61.2 Å². The van der Waals surface area contributed by atoms with Crippen molar-refractivity contribution < 1.29 is 0 Å². The quantitative estimate of drug-likeness (QED) is 0.589. The van der Waals surface area contributed by atoms with E-state index in [1.165, 1.54) is 5.56 Å². The Kier molecular flexibility index (Phi) is 3.17. The molecule has 4 aromatic rings. The van der Waals surface area contributed by atoms with Crippen LogP contribution in [0.1, 0.15) is 11.3 Å². The molecule has 3 aromatic heterocycles. The third-order valence-electron chi connectivity index (χ3n) is 3.92. The second-order valence-corrected chi connectivity index (χ2v) is 5.37. The summed E-state index contributed by atoms with van der Waals surface area (Å²) in [6, 6.07) is 12.3. The highest BCUT2D eigenvalue weighted by Gasteiger charge is 2.12. The number of hydrogen-bond acceptors (Lipinski definition) is 2. The summed E-state index contributed by atoms with van der Waals surface area (Å²) in [5.41, 5.74) is 5.08. The van der Waals surface area contributed by atoms with Crippen molar-refractivity contribution in [2.75, 3.05) is 0 Å². The lowest BCUT2D eigenvalue weighted by Crippen LogP contribution is -1.97. The van der Waals surface area contributed by atoms with Gasteiger partial charge in [0.05, 0.1) is 17.9 Å². The van der Waals surface area contributed by atoms with Crippen molar-refractivity contribution in [1.82, 2.24) is 19.7 Å². The highest BCUT2D eigenvalue weighted by atomic mass is 15.1. The zero-order valence-corrected chi connectivity index (χ0v) is 12.4. The lowest BCUT2D eigenvalue weighted by molar-refractivity contribution is 0.835. The number of nitrogens with one attached hydrogen (secondary N) is 1. The summed E-state index contributed by atoms with van der Waals surface area (Å²) in [5, 5.41) is 8.00. The SMILES string of the molecule is C#Cc1cc2c(-c3cn[nH]c3)cn(Cc3ccccc3)c2cn1. The van der Waals surface area contributed by atoms with Crippen molar-refractivity contribution in [3.8, 4) is 23.5 Å². The molecule has 0 unspecified atom stereocenters. The zero-order valence-electron chi connectivity index (χ0n) is 12.4. The van der Waals surface area contributed by atoms with Gasteiger partial charge in [-0.15, -0.1) is 6.42 Å². The number of rotatable bonds is 3. The molecule has 4 rings (SSSR count). The number of pyridine rings is 1. The van der Waals surface area contributed by atoms with Crippen LogP contribution >= 0.6 is 0 Å². The number of aromatic nitrogens is 4. The molecule has 0 spiro atoms. The van der Waals surface area contributed by atoms with Gasteiger partial charge in [-0.25, -0.2) is 4.98 Å². The van der Waals surface area contributed by atoms with Gasteiger partial charge in [-0.05, 0) is 11.6 Å². The number of terminal acetylenes is 1.